The summed E-state index contributed by atoms with van der Waals surface area (Å²) in [7, 11) is 0. The fourth-order valence-corrected chi connectivity index (χ4v) is 3.50. The van der Waals surface area contributed by atoms with E-state index < -0.39 is 0 Å². The molecule has 1 saturated heterocycles. The van der Waals surface area contributed by atoms with Gasteiger partial charge in [-0.1, -0.05) is 59.6 Å². The maximum Gasteiger partial charge on any atom is 0.223 e. The normalized spacial score (nSPS) is 15.9. The van der Waals surface area contributed by atoms with Crippen molar-refractivity contribution in [3.8, 4) is 0 Å². The number of likely N-dealkylation sites (tertiary alicyclic amines) is 1. The molecule has 1 N–H and O–H groups in total. The number of carbonyl (C=O) groups is 1. The molecule has 1 aliphatic heterocycles. The molecule has 3 rings (SSSR count). The summed E-state index contributed by atoms with van der Waals surface area (Å²) in [6.07, 6.45) is 1.78. The Hall–Kier alpha value is -1.55. The van der Waals surface area contributed by atoms with Gasteiger partial charge < -0.3 is 5.32 Å². The van der Waals surface area contributed by atoms with Crippen LogP contribution >= 0.6 is 23.2 Å². The Labute approximate surface area is 158 Å². The molecular formula is C20H22Cl2N2O. The van der Waals surface area contributed by atoms with Crippen molar-refractivity contribution in [2.45, 2.75) is 25.9 Å². The van der Waals surface area contributed by atoms with E-state index in [1.165, 1.54) is 0 Å². The lowest BCUT2D eigenvalue weighted by Gasteiger charge is -2.31. The summed E-state index contributed by atoms with van der Waals surface area (Å²) in [5, 5.41) is 4.23. The van der Waals surface area contributed by atoms with Gasteiger partial charge in [0.2, 0.25) is 5.91 Å². The standard InChI is InChI=1S/C20H22Cl2N2O/c21-18-7-6-16(12-19(18)22)14-24-10-8-17(9-11-24)20(25)23-13-15-4-2-1-3-5-15/h1-7,12,17H,8-11,13-14H2,(H,23,25). The summed E-state index contributed by atoms with van der Waals surface area (Å²) in [4.78, 5) is 14.7. The molecule has 0 atom stereocenters. The zero-order valence-corrected chi connectivity index (χ0v) is 15.6. The van der Waals surface area contributed by atoms with Crippen molar-refractivity contribution in [2.24, 2.45) is 5.92 Å². The van der Waals surface area contributed by atoms with Crippen LogP contribution in [0, 0.1) is 5.92 Å². The quantitative estimate of drug-likeness (QED) is 0.831. The fraction of sp³-hybridized carbons (Fsp3) is 0.350. The third kappa shape index (κ3) is 5.21. The lowest BCUT2D eigenvalue weighted by Crippen LogP contribution is -2.40. The van der Waals surface area contributed by atoms with Gasteiger partial charge in [0.1, 0.15) is 0 Å². The molecule has 0 spiro atoms. The molecule has 0 bridgehead atoms. The Morgan fingerprint density at radius 1 is 1.00 bits per heavy atom. The molecule has 0 aliphatic carbocycles. The van der Waals surface area contributed by atoms with Crippen LogP contribution in [0.25, 0.3) is 0 Å². The van der Waals surface area contributed by atoms with E-state index in [9.17, 15) is 4.79 Å². The summed E-state index contributed by atoms with van der Waals surface area (Å²) >= 11 is 12.0. The second-order valence-corrected chi connectivity index (χ2v) is 7.32. The van der Waals surface area contributed by atoms with E-state index in [-0.39, 0.29) is 11.8 Å². The topological polar surface area (TPSA) is 32.3 Å². The average Bonchev–Trinajstić information content (AvgIpc) is 2.64. The molecule has 0 unspecified atom stereocenters. The largest absolute Gasteiger partial charge is 0.352 e. The van der Waals surface area contributed by atoms with Crippen molar-refractivity contribution in [3.63, 3.8) is 0 Å². The van der Waals surface area contributed by atoms with Crippen molar-refractivity contribution < 1.29 is 4.79 Å². The van der Waals surface area contributed by atoms with Gasteiger partial charge in [-0.2, -0.15) is 0 Å². The number of amides is 1. The number of hydrogen-bond acceptors (Lipinski definition) is 2. The Morgan fingerprint density at radius 3 is 2.40 bits per heavy atom. The van der Waals surface area contributed by atoms with E-state index in [0.717, 1.165) is 43.6 Å². The SMILES string of the molecule is O=C(NCc1ccccc1)C1CCN(Cc2ccc(Cl)c(Cl)c2)CC1. The molecule has 2 aromatic carbocycles. The highest BCUT2D eigenvalue weighted by Crippen LogP contribution is 2.25. The first kappa shape index (κ1) is 18.2. The monoisotopic (exact) mass is 376 g/mol. The molecule has 1 amide bonds. The number of benzene rings is 2. The lowest BCUT2D eigenvalue weighted by atomic mass is 9.95. The number of carbonyl (C=O) groups excluding carboxylic acids is 1. The van der Waals surface area contributed by atoms with E-state index in [4.69, 9.17) is 23.2 Å². The number of hydrogen-bond donors (Lipinski definition) is 1. The Bertz CT molecular complexity index is 713. The molecule has 0 saturated carbocycles. The highest BCUT2D eigenvalue weighted by molar-refractivity contribution is 6.42. The number of nitrogens with zero attached hydrogens (tertiary/aromatic N) is 1. The zero-order chi connectivity index (χ0) is 17.6. The molecule has 0 aromatic heterocycles. The molecule has 25 heavy (non-hydrogen) atoms. The third-order valence-electron chi connectivity index (χ3n) is 4.66. The molecule has 1 fully saturated rings. The molecule has 1 aliphatic rings. The number of rotatable bonds is 5. The van der Waals surface area contributed by atoms with Gasteiger partial charge in [0.25, 0.3) is 0 Å². The van der Waals surface area contributed by atoms with Crippen LogP contribution in [-0.4, -0.2) is 23.9 Å². The van der Waals surface area contributed by atoms with Crippen molar-refractivity contribution >= 4 is 29.1 Å². The summed E-state index contributed by atoms with van der Waals surface area (Å²) in [5.41, 5.74) is 2.29. The maximum absolute atomic E-state index is 12.4. The van der Waals surface area contributed by atoms with Crippen LogP contribution in [0.1, 0.15) is 24.0 Å². The summed E-state index contributed by atoms with van der Waals surface area (Å²) in [5.74, 6) is 0.270. The Kier molecular flexibility index (Phi) is 6.35. The van der Waals surface area contributed by atoms with Gasteiger partial charge in [-0.3, -0.25) is 9.69 Å². The predicted molar refractivity (Wildman–Crippen MR) is 103 cm³/mol. The van der Waals surface area contributed by atoms with Gasteiger partial charge in [0, 0.05) is 19.0 Å². The molecular weight excluding hydrogens is 355 g/mol. The second-order valence-electron chi connectivity index (χ2n) is 6.50. The van der Waals surface area contributed by atoms with Crippen molar-refractivity contribution in [2.75, 3.05) is 13.1 Å². The minimum Gasteiger partial charge on any atom is -0.352 e. The maximum atomic E-state index is 12.4. The first-order valence-corrected chi connectivity index (χ1v) is 9.35. The van der Waals surface area contributed by atoms with Gasteiger partial charge in [-0.15, -0.1) is 0 Å². The van der Waals surface area contributed by atoms with Gasteiger partial charge >= 0.3 is 0 Å². The molecule has 5 heteroatoms. The van der Waals surface area contributed by atoms with Crippen LogP contribution in [0.2, 0.25) is 10.0 Å². The van der Waals surface area contributed by atoms with Crippen LogP contribution in [0.3, 0.4) is 0 Å². The number of nitrogens with one attached hydrogen (secondary N) is 1. The van der Waals surface area contributed by atoms with E-state index in [2.05, 4.69) is 10.2 Å². The summed E-state index contributed by atoms with van der Waals surface area (Å²) in [6.45, 7) is 3.28. The van der Waals surface area contributed by atoms with E-state index in [1.54, 1.807) is 0 Å². The Morgan fingerprint density at radius 2 is 1.72 bits per heavy atom. The fourth-order valence-electron chi connectivity index (χ4n) is 3.18. The van der Waals surface area contributed by atoms with E-state index in [0.29, 0.717) is 16.6 Å². The number of halogens is 2. The minimum atomic E-state index is 0.105. The van der Waals surface area contributed by atoms with E-state index in [1.807, 2.05) is 48.5 Å². The lowest BCUT2D eigenvalue weighted by molar-refractivity contribution is -0.126. The molecule has 1 heterocycles. The second kappa shape index (κ2) is 8.70. The molecule has 132 valence electrons. The first-order valence-electron chi connectivity index (χ1n) is 8.60. The van der Waals surface area contributed by atoms with Gasteiger partial charge in [-0.05, 0) is 49.2 Å². The zero-order valence-electron chi connectivity index (χ0n) is 14.1. The van der Waals surface area contributed by atoms with Crippen LogP contribution in [-0.2, 0) is 17.9 Å². The highest BCUT2D eigenvalue weighted by Gasteiger charge is 2.24. The molecule has 2 aromatic rings. The highest BCUT2D eigenvalue weighted by atomic mass is 35.5. The molecule has 0 radical (unpaired) electrons. The average molecular weight is 377 g/mol. The van der Waals surface area contributed by atoms with E-state index >= 15 is 0 Å². The third-order valence-corrected chi connectivity index (χ3v) is 5.40. The van der Waals surface area contributed by atoms with Crippen LogP contribution < -0.4 is 5.32 Å². The van der Waals surface area contributed by atoms with Crippen molar-refractivity contribution in [1.29, 1.82) is 0 Å². The van der Waals surface area contributed by atoms with Crippen LogP contribution in [0.15, 0.2) is 48.5 Å². The molecule has 3 nitrogen and oxygen atoms in total. The van der Waals surface area contributed by atoms with Crippen molar-refractivity contribution in [1.82, 2.24) is 10.2 Å². The van der Waals surface area contributed by atoms with Gasteiger partial charge in [0.15, 0.2) is 0 Å². The first-order chi connectivity index (χ1) is 12.1. The summed E-state index contributed by atoms with van der Waals surface area (Å²) < 4.78 is 0. The van der Waals surface area contributed by atoms with Crippen molar-refractivity contribution in [3.05, 3.63) is 69.7 Å². The predicted octanol–water partition coefficient (Wildman–Crippen LogP) is 4.52. The van der Waals surface area contributed by atoms with Gasteiger partial charge in [-0.25, -0.2) is 0 Å². The smallest absolute Gasteiger partial charge is 0.223 e. The van der Waals surface area contributed by atoms with Gasteiger partial charge in [0.05, 0.1) is 10.0 Å². The van der Waals surface area contributed by atoms with Crippen LogP contribution in [0.5, 0.6) is 0 Å². The van der Waals surface area contributed by atoms with Crippen LogP contribution in [0.4, 0.5) is 0 Å². The minimum absolute atomic E-state index is 0.105. The Balaban J connectivity index is 1.44. The summed E-state index contributed by atoms with van der Waals surface area (Å²) in [6, 6.07) is 15.8. The number of piperidine rings is 1.